The van der Waals surface area contributed by atoms with Crippen LogP contribution in [0.3, 0.4) is 0 Å². The molecule has 0 fully saturated rings. The normalized spacial score (nSPS) is 10.3. The lowest BCUT2D eigenvalue weighted by Gasteiger charge is -1.99. The summed E-state index contributed by atoms with van der Waals surface area (Å²) in [6.45, 7) is 5.78. The van der Waals surface area contributed by atoms with Crippen LogP contribution in [0, 0.1) is 6.92 Å². The van der Waals surface area contributed by atoms with Gasteiger partial charge in [-0.25, -0.2) is 0 Å². The largest absolute Gasteiger partial charge is 0.459 e. The molecule has 3 nitrogen and oxygen atoms in total. The van der Waals surface area contributed by atoms with E-state index >= 15 is 0 Å². The van der Waals surface area contributed by atoms with E-state index in [9.17, 15) is 4.79 Å². The van der Waals surface area contributed by atoms with Crippen LogP contribution in [0.4, 0.5) is 0 Å². The van der Waals surface area contributed by atoms with Gasteiger partial charge in [0.2, 0.25) is 5.91 Å². The summed E-state index contributed by atoms with van der Waals surface area (Å²) in [5, 5.41) is 3.79. The van der Waals surface area contributed by atoms with Gasteiger partial charge in [-0.1, -0.05) is 24.8 Å². The van der Waals surface area contributed by atoms with Gasteiger partial charge in [0.15, 0.2) is 0 Å². The number of fused-ring (bicyclic) bond motifs is 1. The molecule has 1 aromatic carbocycles. The molecule has 1 amide bonds. The molecule has 1 heterocycles. The summed E-state index contributed by atoms with van der Waals surface area (Å²) in [4.78, 5) is 11.0. The van der Waals surface area contributed by atoms with Crippen LogP contribution in [0.5, 0.6) is 0 Å². The second kappa shape index (κ2) is 4.23. The Balaban J connectivity index is 2.28. The zero-order valence-corrected chi connectivity index (χ0v) is 9.12. The van der Waals surface area contributed by atoms with E-state index in [0.717, 1.165) is 22.3 Å². The molecule has 1 N–H and O–H groups in total. The number of furan rings is 1. The van der Waals surface area contributed by atoms with Crippen LogP contribution in [0.1, 0.15) is 11.3 Å². The molecule has 0 aliphatic rings. The van der Waals surface area contributed by atoms with Crippen molar-refractivity contribution in [3.63, 3.8) is 0 Å². The van der Waals surface area contributed by atoms with Crippen LogP contribution >= 0.6 is 0 Å². The molecule has 2 rings (SSSR count). The molecule has 82 valence electrons. The molecule has 0 saturated carbocycles. The number of amides is 1. The Morgan fingerprint density at radius 3 is 2.94 bits per heavy atom. The minimum absolute atomic E-state index is 0.195. The number of carbonyl (C=O) groups is 1. The van der Waals surface area contributed by atoms with E-state index in [4.69, 9.17) is 4.42 Å². The lowest BCUT2D eigenvalue weighted by atomic mass is 10.1. The van der Waals surface area contributed by atoms with Gasteiger partial charge in [0.25, 0.3) is 0 Å². The van der Waals surface area contributed by atoms with Crippen LogP contribution < -0.4 is 5.32 Å². The van der Waals surface area contributed by atoms with Crippen LogP contribution in [0.2, 0.25) is 0 Å². The fraction of sp³-hybridized carbons (Fsp3) is 0.154. The maximum atomic E-state index is 11.0. The summed E-state index contributed by atoms with van der Waals surface area (Å²) in [5.41, 5.74) is 1.92. The molecule has 0 unspecified atom stereocenters. The molecular weight excluding hydrogens is 202 g/mol. The zero-order chi connectivity index (χ0) is 11.5. The molecule has 0 aliphatic heterocycles. The first-order valence-corrected chi connectivity index (χ1v) is 5.09. The van der Waals surface area contributed by atoms with Crippen molar-refractivity contribution in [2.24, 2.45) is 0 Å². The Morgan fingerprint density at radius 1 is 1.50 bits per heavy atom. The summed E-state index contributed by atoms with van der Waals surface area (Å²) < 4.78 is 5.64. The molecule has 2 aromatic rings. The maximum absolute atomic E-state index is 11.0. The predicted molar refractivity (Wildman–Crippen MR) is 63.0 cm³/mol. The van der Waals surface area contributed by atoms with Gasteiger partial charge < -0.3 is 9.73 Å². The first-order chi connectivity index (χ1) is 7.72. The summed E-state index contributed by atoms with van der Waals surface area (Å²) >= 11 is 0. The quantitative estimate of drug-likeness (QED) is 0.799. The smallest absolute Gasteiger partial charge is 0.243 e. The van der Waals surface area contributed by atoms with E-state index in [1.54, 1.807) is 0 Å². The summed E-state index contributed by atoms with van der Waals surface area (Å²) in [6, 6.07) is 7.82. The third kappa shape index (κ3) is 1.84. The van der Waals surface area contributed by atoms with E-state index in [1.165, 1.54) is 6.08 Å². The van der Waals surface area contributed by atoms with Crippen molar-refractivity contribution in [1.82, 2.24) is 5.32 Å². The van der Waals surface area contributed by atoms with Crippen molar-refractivity contribution in [2.45, 2.75) is 13.5 Å². The fourth-order valence-corrected chi connectivity index (χ4v) is 1.63. The van der Waals surface area contributed by atoms with Crippen molar-refractivity contribution in [3.05, 3.63) is 48.2 Å². The fourth-order valence-electron chi connectivity index (χ4n) is 1.63. The lowest BCUT2D eigenvalue weighted by molar-refractivity contribution is -0.116. The number of nitrogens with one attached hydrogen (secondary N) is 1. The molecule has 3 heteroatoms. The SMILES string of the molecule is C=CC(=O)NCc1oc2ccccc2c1C. The van der Waals surface area contributed by atoms with Crippen molar-refractivity contribution in [3.8, 4) is 0 Å². The van der Waals surface area contributed by atoms with E-state index in [-0.39, 0.29) is 5.91 Å². The number of aryl methyl sites for hydroxylation is 1. The average Bonchev–Trinajstić information content (AvgIpc) is 2.64. The van der Waals surface area contributed by atoms with Crippen LogP contribution in [0.25, 0.3) is 11.0 Å². The van der Waals surface area contributed by atoms with E-state index in [2.05, 4.69) is 11.9 Å². The van der Waals surface area contributed by atoms with Gasteiger partial charge in [0, 0.05) is 10.9 Å². The minimum atomic E-state index is -0.195. The maximum Gasteiger partial charge on any atom is 0.243 e. The van der Waals surface area contributed by atoms with Crippen LogP contribution in [-0.2, 0) is 11.3 Å². The lowest BCUT2D eigenvalue weighted by Crippen LogP contribution is -2.19. The molecule has 0 radical (unpaired) electrons. The Bertz CT molecular complexity index is 540. The summed E-state index contributed by atoms with van der Waals surface area (Å²) in [7, 11) is 0. The van der Waals surface area contributed by atoms with E-state index in [0.29, 0.717) is 6.54 Å². The molecule has 0 aliphatic carbocycles. The van der Waals surface area contributed by atoms with Gasteiger partial charge in [0.1, 0.15) is 11.3 Å². The predicted octanol–water partition coefficient (Wildman–Crippen LogP) is 2.54. The van der Waals surface area contributed by atoms with Crippen molar-refractivity contribution in [2.75, 3.05) is 0 Å². The summed E-state index contributed by atoms with van der Waals surface area (Å²) in [6.07, 6.45) is 1.25. The van der Waals surface area contributed by atoms with Gasteiger partial charge in [-0.3, -0.25) is 4.79 Å². The third-order valence-corrected chi connectivity index (χ3v) is 2.55. The van der Waals surface area contributed by atoms with Gasteiger partial charge in [-0.2, -0.15) is 0 Å². The second-order valence-electron chi connectivity index (χ2n) is 3.57. The Hall–Kier alpha value is -2.03. The monoisotopic (exact) mass is 215 g/mol. The Kier molecular flexibility index (Phi) is 2.77. The van der Waals surface area contributed by atoms with Crippen molar-refractivity contribution in [1.29, 1.82) is 0 Å². The highest BCUT2D eigenvalue weighted by Crippen LogP contribution is 2.24. The molecule has 16 heavy (non-hydrogen) atoms. The van der Waals surface area contributed by atoms with E-state index < -0.39 is 0 Å². The first kappa shape index (κ1) is 10.5. The number of benzene rings is 1. The number of hydrogen-bond acceptors (Lipinski definition) is 2. The number of hydrogen-bond donors (Lipinski definition) is 1. The average molecular weight is 215 g/mol. The highest BCUT2D eigenvalue weighted by Gasteiger charge is 2.09. The highest BCUT2D eigenvalue weighted by atomic mass is 16.3. The molecule has 1 aromatic heterocycles. The van der Waals surface area contributed by atoms with Gasteiger partial charge in [0.05, 0.1) is 6.54 Å². The molecule has 0 spiro atoms. The van der Waals surface area contributed by atoms with E-state index in [1.807, 2.05) is 31.2 Å². The first-order valence-electron chi connectivity index (χ1n) is 5.09. The molecule has 0 saturated heterocycles. The second-order valence-corrected chi connectivity index (χ2v) is 3.57. The standard InChI is InChI=1S/C13H13NO2/c1-3-13(15)14-8-12-9(2)10-6-4-5-7-11(10)16-12/h3-7H,1,8H2,2H3,(H,14,15). The summed E-state index contributed by atoms with van der Waals surface area (Å²) in [5.74, 6) is 0.594. The molecular formula is C13H13NO2. The molecule has 0 bridgehead atoms. The Morgan fingerprint density at radius 2 is 2.25 bits per heavy atom. The van der Waals surface area contributed by atoms with Gasteiger partial charge in [-0.05, 0) is 19.1 Å². The number of carbonyl (C=O) groups excluding carboxylic acids is 1. The van der Waals surface area contributed by atoms with Gasteiger partial charge in [-0.15, -0.1) is 0 Å². The third-order valence-electron chi connectivity index (χ3n) is 2.55. The van der Waals surface area contributed by atoms with Gasteiger partial charge >= 0.3 is 0 Å². The van der Waals surface area contributed by atoms with Crippen LogP contribution in [-0.4, -0.2) is 5.91 Å². The number of rotatable bonds is 3. The Labute approximate surface area is 93.8 Å². The van der Waals surface area contributed by atoms with Crippen LogP contribution in [0.15, 0.2) is 41.3 Å². The minimum Gasteiger partial charge on any atom is -0.459 e. The van der Waals surface area contributed by atoms with Crippen molar-refractivity contribution < 1.29 is 9.21 Å². The topological polar surface area (TPSA) is 42.2 Å². The highest BCUT2D eigenvalue weighted by molar-refractivity contribution is 5.87. The number of para-hydroxylation sites is 1. The van der Waals surface area contributed by atoms with Crippen molar-refractivity contribution >= 4 is 16.9 Å². The zero-order valence-electron chi connectivity index (χ0n) is 9.12. The molecule has 0 atom stereocenters.